The molecule has 0 radical (unpaired) electrons. The van der Waals surface area contributed by atoms with Gasteiger partial charge in [-0.15, -0.1) is 11.3 Å². The number of thiazole rings is 1. The first-order chi connectivity index (χ1) is 11.4. The SMILES string of the molecule is Cc1nc(-c2ccc(C)c(S(=O)(=O)Nc3ccccc3C)c2)cs1. The van der Waals surface area contributed by atoms with Gasteiger partial charge in [-0.3, -0.25) is 4.72 Å². The van der Waals surface area contributed by atoms with Crippen molar-refractivity contribution in [3.8, 4) is 11.3 Å². The normalized spacial score (nSPS) is 11.5. The van der Waals surface area contributed by atoms with Gasteiger partial charge in [0.25, 0.3) is 10.0 Å². The van der Waals surface area contributed by atoms with Crippen molar-refractivity contribution in [3.05, 3.63) is 64.0 Å². The quantitative estimate of drug-likeness (QED) is 0.745. The number of nitrogens with zero attached hydrogens (tertiary/aromatic N) is 1. The van der Waals surface area contributed by atoms with Gasteiger partial charge in [0.1, 0.15) is 0 Å². The number of anilines is 1. The Labute approximate surface area is 146 Å². The second kappa shape index (κ2) is 6.37. The summed E-state index contributed by atoms with van der Waals surface area (Å²) in [5.41, 5.74) is 3.77. The number of hydrogen-bond donors (Lipinski definition) is 1. The number of rotatable bonds is 4. The Morgan fingerprint density at radius 3 is 2.42 bits per heavy atom. The lowest BCUT2D eigenvalue weighted by Crippen LogP contribution is -2.15. The summed E-state index contributed by atoms with van der Waals surface area (Å²) in [7, 11) is -3.66. The molecule has 0 amide bonds. The smallest absolute Gasteiger partial charge is 0.262 e. The van der Waals surface area contributed by atoms with Crippen LogP contribution in [0, 0.1) is 20.8 Å². The Morgan fingerprint density at radius 2 is 1.75 bits per heavy atom. The van der Waals surface area contributed by atoms with E-state index in [4.69, 9.17) is 0 Å². The van der Waals surface area contributed by atoms with Crippen LogP contribution >= 0.6 is 11.3 Å². The van der Waals surface area contributed by atoms with Gasteiger partial charge in [-0.25, -0.2) is 13.4 Å². The van der Waals surface area contributed by atoms with Gasteiger partial charge in [0, 0.05) is 10.9 Å². The van der Waals surface area contributed by atoms with Crippen LogP contribution in [0.5, 0.6) is 0 Å². The maximum atomic E-state index is 12.8. The van der Waals surface area contributed by atoms with E-state index in [0.717, 1.165) is 21.8 Å². The highest BCUT2D eigenvalue weighted by atomic mass is 32.2. The maximum absolute atomic E-state index is 12.8. The molecule has 124 valence electrons. The summed E-state index contributed by atoms with van der Waals surface area (Å²) in [6.45, 7) is 5.60. The molecular formula is C18H18N2O2S2. The van der Waals surface area contributed by atoms with Crippen LogP contribution in [-0.4, -0.2) is 13.4 Å². The average molecular weight is 358 g/mol. The van der Waals surface area contributed by atoms with E-state index in [-0.39, 0.29) is 4.90 Å². The van der Waals surface area contributed by atoms with Crippen molar-refractivity contribution in [2.45, 2.75) is 25.7 Å². The van der Waals surface area contributed by atoms with Gasteiger partial charge in [-0.1, -0.05) is 30.3 Å². The fourth-order valence-corrected chi connectivity index (χ4v) is 4.46. The molecule has 0 aliphatic rings. The number of aromatic nitrogens is 1. The van der Waals surface area contributed by atoms with E-state index in [1.165, 1.54) is 0 Å². The van der Waals surface area contributed by atoms with Crippen molar-refractivity contribution in [2.24, 2.45) is 0 Å². The molecule has 0 saturated carbocycles. The molecule has 0 atom stereocenters. The molecule has 0 unspecified atom stereocenters. The molecule has 24 heavy (non-hydrogen) atoms. The van der Waals surface area contributed by atoms with E-state index in [1.54, 1.807) is 30.4 Å². The number of sulfonamides is 1. The zero-order chi connectivity index (χ0) is 17.3. The van der Waals surface area contributed by atoms with Gasteiger partial charge >= 0.3 is 0 Å². The van der Waals surface area contributed by atoms with Crippen molar-refractivity contribution in [1.82, 2.24) is 4.98 Å². The molecule has 4 nitrogen and oxygen atoms in total. The predicted molar refractivity (Wildman–Crippen MR) is 99.0 cm³/mol. The Kier molecular flexibility index (Phi) is 4.43. The van der Waals surface area contributed by atoms with E-state index < -0.39 is 10.0 Å². The van der Waals surface area contributed by atoms with Gasteiger partial charge in [0.2, 0.25) is 0 Å². The van der Waals surface area contributed by atoms with Crippen LogP contribution in [0.1, 0.15) is 16.1 Å². The second-order valence-corrected chi connectivity index (χ2v) is 8.37. The first-order valence-electron chi connectivity index (χ1n) is 7.48. The zero-order valence-corrected chi connectivity index (χ0v) is 15.3. The van der Waals surface area contributed by atoms with Crippen LogP contribution in [0.25, 0.3) is 11.3 Å². The molecule has 0 spiro atoms. The van der Waals surface area contributed by atoms with E-state index in [1.807, 2.05) is 49.6 Å². The molecule has 1 heterocycles. The Morgan fingerprint density at radius 1 is 1.00 bits per heavy atom. The molecule has 3 rings (SSSR count). The number of hydrogen-bond acceptors (Lipinski definition) is 4. The monoisotopic (exact) mass is 358 g/mol. The average Bonchev–Trinajstić information content (AvgIpc) is 2.96. The van der Waals surface area contributed by atoms with Gasteiger partial charge in [-0.05, 0) is 44.0 Å². The number of nitrogens with one attached hydrogen (secondary N) is 1. The minimum atomic E-state index is -3.66. The molecule has 3 aromatic rings. The lowest BCUT2D eigenvalue weighted by atomic mass is 10.1. The first kappa shape index (κ1) is 16.7. The highest BCUT2D eigenvalue weighted by molar-refractivity contribution is 7.92. The summed E-state index contributed by atoms with van der Waals surface area (Å²) in [6.07, 6.45) is 0. The molecule has 0 fully saturated rings. The van der Waals surface area contributed by atoms with Gasteiger partial charge < -0.3 is 0 Å². The van der Waals surface area contributed by atoms with Gasteiger partial charge in [0.05, 0.1) is 21.3 Å². The second-order valence-electron chi connectivity index (χ2n) is 5.65. The summed E-state index contributed by atoms with van der Waals surface area (Å²) in [5, 5.41) is 2.89. The maximum Gasteiger partial charge on any atom is 0.262 e. The third-order valence-corrected chi connectivity index (χ3v) is 6.06. The molecule has 0 aliphatic heterocycles. The molecule has 1 N–H and O–H groups in total. The number of benzene rings is 2. The minimum Gasteiger partial charge on any atom is -0.279 e. The van der Waals surface area contributed by atoms with Crippen LogP contribution in [0.4, 0.5) is 5.69 Å². The highest BCUT2D eigenvalue weighted by Gasteiger charge is 2.19. The Bertz CT molecular complexity index is 992. The summed E-state index contributed by atoms with van der Waals surface area (Å²) < 4.78 is 28.4. The van der Waals surface area contributed by atoms with E-state index in [2.05, 4.69) is 9.71 Å². The van der Waals surface area contributed by atoms with Crippen molar-refractivity contribution in [1.29, 1.82) is 0 Å². The van der Waals surface area contributed by atoms with E-state index >= 15 is 0 Å². The predicted octanol–water partition coefficient (Wildman–Crippen LogP) is 4.54. The van der Waals surface area contributed by atoms with Gasteiger partial charge in [0.15, 0.2) is 0 Å². The molecule has 0 bridgehead atoms. The Hall–Kier alpha value is -2.18. The van der Waals surface area contributed by atoms with Crippen molar-refractivity contribution in [2.75, 3.05) is 4.72 Å². The highest BCUT2D eigenvalue weighted by Crippen LogP contribution is 2.28. The van der Waals surface area contributed by atoms with Crippen LogP contribution in [0.2, 0.25) is 0 Å². The number of para-hydroxylation sites is 1. The molecular weight excluding hydrogens is 340 g/mol. The minimum absolute atomic E-state index is 0.272. The van der Waals surface area contributed by atoms with Crippen molar-refractivity contribution >= 4 is 27.0 Å². The molecule has 1 aromatic heterocycles. The summed E-state index contributed by atoms with van der Waals surface area (Å²) in [5.74, 6) is 0. The topological polar surface area (TPSA) is 59.1 Å². The van der Waals surface area contributed by atoms with Crippen molar-refractivity contribution < 1.29 is 8.42 Å². The lowest BCUT2D eigenvalue weighted by molar-refractivity contribution is 0.600. The summed E-state index contributed by atoms with van der Waals surface area (Å²) in [4.78, 5) is 4.71. The molecule has 2 aromatic carbocycles. The molecule has 0 saturated heterocycles. The van der Waals surface area contributed by atoms with Crippen LogP contribution < -0.4 is 4.72 Å². The lowest BCUT2D eigenvalue weighted by Gasteiger charge is -2.13. The number of aryl methyl sites for hydroxylation is 3. The third-order valence-electron chi connectivity index (χ3n) is 3.78. The van der Waals surface area contributed by atoms with Crippen LogP contribution in [0.3, 0.4) is 0 Å². The first-order valence-corrected chi connectivity index (χ1v) is 9.85. The van der Waals surface area contributed by atoms with Gasteiger partial charge in [-0.2, -0.15) is 0 Å². The Balaban J connectivity index is 2.03. The van der Waals surface area contributed by atoms with Crippen LogP contribution in [-0.2, 0) is 10.0 Å². The van der Waals surface area contributed by atoms with Crippen LogP contribution in [0.15, 0.2) is 52.7 Å². The molecule has 6 heteroatoms. The summed E-state index contributed by atoms with van der Waals surface area (Å²) in [6, 6.07) is 12.7. The summed E-state index contributed by atoms with van der Waals surface area (Å²) >= 11 is 1.55. The largest absolute Gasteiger partial charge is 0.279 e. The van der Waals surface area contributed by atoms with E-state index in [9.17, 15) is 8.42 Å². The fourth-order valence-electron chi connectivity index (χ4n) is 2.43. The fraction of sp³-hybridized carbons (Fsp3) is 0.167. The molecule has 0 aliphatic carbocycles. The third kappa shape index (κ3) is 3.34. The van der Waals surface area contributed by atoms with Crippen molar-refractivity contribution in [3.63, 3.8) is 0 Å². The standard InChI is InChI=1S/C18H18N2O2S2/c1-12-6-4-5-7-16(12)20-24(21,22)18-10-15(9-8-13(18)2)17-11-23-14(3)19-17/h4-11,20H,1-3H3. The van der Waals surface area contributed by atoms with E-state index in [0.29, 0.717) is 11.3 Å². The zero-order valence-electron chi connectivity index (χ0n) is 13.7.